The summed E-state index contributed by atoms with van der Waals surface area (Å²) in [5.74, 6) is -0.252. The average molecular weight is 351 g/mol. The van der Waals surface area contributed by atoms with E-state index in [9.17, 15) is 4.39 Å². The van der Waals surface area contributed by atoms with E-state index in [2.05, 4.69) is 39.4 Å². The SMILES string of the molecule is CN1CCNCC1(C)c1[nH]nc(-c2ccc(F)cc2)c1-c1ccncc1. The van der Waals surface area contributed by atoms with Crippen LogP contribution in [0.1, 0.15) is 12.6 Å². The fourth-order valence-corrected chi connectivity index (χ4v) is 3.59. The minimum atomic E-state index is -0.252. The Morgan fingerprint density at radius 2 is 1.81 bits per heavy atom. The van der Waals surface area contributed by atoms with E-state index in [1.54, 1.807) is 24.5 Å². The first-order valence-corrected chi connectivity index (χ1v) is 8.77. The first-order chi connectivity index (χ1) is 12.6. The Bertz CT molecular complexity index is 890. The number of likely N-dealkylation sites (N-methyl/N-ethyl adjacent to an activating group) is 1. The van der Waals surface area contributed by atoms with Gasteiger partial charge in [-0.1, -0.05) is 0 Å². The number of halogens is 1. The molecular formula is C20H22FN5. The summed E-state index contributed by atoms with van der Waals surface area (Å²) in [4.78, 5) is 6.48. The third kappa shape index (κ3) is 2.81. The lowest BCUT2D eigenvalue weighted by atomic mass is 9.87. The van der Waals surface area contributed by atoms with Crippen molar-refractivity contribution in [3.8, 4) is 22.4 Å². The maximum Gasteiger partial charge on any atom is 0.123 e. The fourth-order valence-electron chi connectivity index (χ4n) is 3.59. The Morgan fingerprint density at radius 1 is 1.08 bits per heavy atom. The smallest absolute Gasteiger partial charge is 0.123 e. The largest absolute Gasteiger partial charge is 0.313 e. The summed E-state index contributed by atoms with van der Waals surface area (Å²) >= 11 is 0. The average Bonchev–Trinajstić information content (AvgIpc) is 3.11. The Balaban J connectivity index is 1.92. The molecule has 0 aliphatic carbocycles. The number of hydrogen-bond donors (Lipinski definition) is 2. The molecule has 0 amide bonds. The van der Waals surface area contributed by atoms with Gasteiger partial charge < -0.3 is 5.32 Å². The Hall–Kier alpha value is -2.57. The predicted octanol–water partition coefficient (Wildman–Crippen LogP) is 3.03. The van der Waals surface area contributed by atoms with Crippen LogP contribution in [-0.4, -0.2) is 46.8 Å². The van der Waals surface area contributed by atoms with Crippen LogP contribution in [0, 0.1) is 5.82 Å². The summed E-state index contributed by atoms with van der Waals surface area (Å²) in [6.45, 7) is 4.96. The van der Waals surface area contributed by atoms with Gasteiger partial charge in [-0.2, -0.15) is 5.10 Å². The van der Waals surface area contributed by atoms with Crippen LogP contribution in [0.5, 0.6) is 0 Å². The number of rotatable bonds is 3. The van der Waals surface area contributed by atoms with Gasteiger partial charge >= 0.3 is 0 Å². The normalized spacial score (nSPS) is 21.0. The lowest BCUT2D eigenvalue weighted by Gasteiger charge is -2.42. The van der Waals surface area contributed by atoms with Crippen molar-refractivity contribution in [1.82, 2.24) is 25.4 Å². The third-order valence-corrected chi connectivity index (χ3v) is 5.33. The van der Waals surface area contributed by atoms with Crippen molar-refractivity contribution in [3.63, 3.8) is 0 Å². The molecule has 134 valence electrons. The molecule has 3 heterocycles. The third-order valence-electron chi connectivity index (χ3n) is 5.33. The van der Waals surface area contributed by atoms with Gasteiger partial charge in [0.25, 0.3) is 0 Å². The number of pyridine rings is 1. The molecule has 1 aliphatic heterocycles. The lowest BCUT2D eigenvalue weighted by Crippen LogP contribution is -2.56. The second-order valence-electron chi connectivity index (χ2n) is 6.94. The zero-order valence-corrected chi connectivity index (χ0v) is 15.0. The van der Waals surface area contributed by atoms with Crippen molar-refractivity contribution in [2.75, 3.05) is 26.7 Å². The van der Waals surface area contributed by atoms with Crippen molar-refractivity contribution in [3.05, 3.63) is 60.3 Å². The van der Waals surface area contributed by atoms with E-state index in [1.165, 1.54) is 12.1 Å². The van der Waals surface area contributed by atoms with Crippen LogP contribution in [0.4, 0.5) is 4.39 Å². The molecule has 2 N–H and O–H groups in total. The van der Waals surface area contributed by atoms with Crippen LogP contribution in [0.2, 0.25) is 0 Å². The minimum Gasteiger partial charge on any atom is -0.313 e. The summed E-state index contributed by atoms with van der Waals surface area (Å²) in [5, 5.41) is 11.4. The van der Waals surface area contributed by atoms with Crippen molar-refractivity contribution >= 4 is 0 Å². The molecule has 0 bridgehead atoms. The summed E-state index contributed by atoms with van der Waals surface area (Å²) in [7, 11) is 2.13. The van der Waals surface area contributed by atoms with Gasteiger partial charge in [0.05, 0.1) is 11.2 Å². The zero-order chi connectivity index (χ0) is 18.1. The molecule has 26 heavy (non-hydrogen) atoms. The van der Waals surface area contributed by atoms with Gasteiger partial charge in [-0.15, -0.1) is 0 Å². The number of H-pyrrole nitrogens is 1. The van der Waals surface area contributed by atoms with Gasteiger partial charge in [0, 0.05) is 43.2 Å². The maximum atomic E-state index is 13.4. The molecule has 0 radical (unpaired) electrons. The fraction of sp³-hybridized carbons (Fsp3) is 0.300. The summed E-state index contributed by atoms with van der Waals surface area (Å²) in [5.41, 5.74) is 4.63. The highest BCUT2D eigenvalue weighted by atomic mass is 19.1. The van der Waals surface area contributed by atoms with Crippen LogP contribution >= 0.6 is 0 Å². The van der Waals surface area contributed by atoms with E-state index in [1.807, 2.05) is 12.1 Å². The molecule has 1 saturated heterocycles. The monoisotopic (exact) mass is 351 g/mol. The van der Waals surface area contributed by atoms with Crippen LogP contribution in [0.3, 0.4) is 0 Å². The molecule has 1 unspecified atom stereocenters. The Morgan fingerprint density at radius 3 is 2.50 bits per heavy atom. The number of benzene rings is 1. The molecular weight excluding hydrogens is 329 g/mol. The number of aromatic nitrogens is 3. The molecule has 0 spiro atoms. The summed E-state index contributed by atoms with van der Waals surface area (Å²) in [6.07, 6.45) is 3.57. The number of hydrogen-bond acceptors (Lipinski definition) is 4. The molecule has 1 aromatic carbocycles. The Kier molecular flexibility index (Phi) is 4.30. The quantitative estimate of drug-likeness (QED) is 0.762. The molecule has 1 atom stereocenters. The molecule has 5 nitrogen and oxygen atoms in total. The maximum absolute atomic E-state index is 13.4. The molecule has 0 saturated carbocycles. The summed E-state index contributed by atoms with van der Waals surface area (Å²) in [6, 6.07) is 10.4. The standard InChI is InChI=1S/C20H22FN5/c1-20(13-23-11-12-26(20)2)19-17(14-7-9-22-10-8-14)18(24-25-19)15-3-5-16(21)6-4-15/h3-10,23H,11-13H2,1-2H3,(H,24,25). The van der Waals surface area contributed by atoms with Gasteiger partial charge in [0.1, 0.15) is 11.5 Å². The van der Waals surface area contributed by atoms with Gasteiger partial charge in [-0.05, 0) is 55.9 Å². The Labute approximate surface area is 152 Å². The van der Waals surface area contributed by atoms with Crippen molar-refractivity contribution < 1.29 is 4.39 Å². The number of nitrogens with zero attached hydrogens (tertiary/aromatic N) is 3. The number of nitrogens with one attached hydrogen (secondary N) is 2. The topological polar surface area (TPSA) is 56.8 Å². The molecule has 3 aromatic rings. The molecule has 2 aromatic heterocycles. The van der Waals surface area contributed by atoms with Gasteiger partial charge in [0.15, 0.2) is 0 Å². The highest BCUT2D eigenvalue weighted by Crippen LogP contribution is 2.40. The van der Waals surface area contributed by atoms with Crippen LogP contribution in [-0.2, 0) is 5.54 Å². The van der Waals surface area contributed by atoms with E-state index in [4.69, 9.17) is 0 Å². The van der Waals surface area contributed by atoms with Crippen LogP contribution < -0.4 is 5.32 Å². The zero-order valence-electron chi connectivity index (χ0n) is 15.0. The second kappa shape index (κ2) is 6.63. The first kappa shape index (κ1) is 16.9. The van der Waals surface area contributed by atoms with E-state index in [-0.39, 0.29) is 11.4 Å². The minimum absolute atomic E-state index is 0.220. The number of piperazine rings is 1. The highest BCUT2D eigenvalue weighted by molar-refractivity contribution is 5.83. The number of aromatic amines is 1. The summed E-state index contributed by atoms with van der Waals surface area (Å²) < 4.78 is 13.4. The van der Waals surface area contributed by atoms with Crippen LogP contribution in [0.15, 0.2) is 48.8 Å². The second-order valence-corrected chi connectivity index (χ2v) is 6.94. The van der Waals surface area contributed by atoms with Gasteiger partial charge in [0.2, 0.25) is 0 Å². The van der Waals surface area contributed by atoms with Crippen LogP contribution in [0.25, 0.3) is 22.4 Å². The molecule has 1 aliphatic rings. The van der Waals surface area contributed by atoms with E-state index in [0.29, 0.717) is 0 Å². The van der Waals surface area contributed by atoms with E-state index in [0.717, 1.165) is 47.7 Å². The molecule has 1 fully saturated rings. The van der Waals surface area contributed by atoms with Gasteiger partial charge in [-0.3, -0.25) is 15.0 Å². The van der Waals surface area contributed by atoms with Crippen molar-refractivity contribution in [2.45, 2.75) is 12.5 Å². The lowest BCUT2D eigenvalue weighted by molar-refractivity contribution is 0.100. The first-order valence-electron chi connectivity index (χ1n) is 8.77. The van der Waals surface area contributed by atoms with Crippen molar-refractivity contribution in [2.24, 2.45) is 0 Å². The molecule has 4 rings (SSSR count). The van der Waals surface area contributed by atoms with Crippen molar-refractivity contribution in [1.29, 1.82) is 0 Å². The molecule has 6 heteroatoms. The highest BCUT2D eigenvalue weighted by Gasteiger charge is 2.38. The predicted molar refractivity (Wildman–Crippen MR) is 100 cm³/mol. The van der Waals surface area contributed by atoms with Gasteiger partial charge in [-0.25, -0.2) is 4.39 Å². The van der Waals surface area contributed by atoms with E-state index < -0.39 is 0 Å². The van der Waals surface area contributed by atoms with E-state index >= 15 is 0 Å².